The van der Waals surface area contributed by atoms with E-state index in [2.05, 4.69) is 4.98 Å². The van der Waals surface area contributed by atoms with Crippen molar-refractivity contribution in [3.8, 4) is 23.1 Å². The minimum Gasteiger partial charge on any atom is -0.497 e. The molecule has 4 aromatic rings. The van der Waals surface area contributed by atoms with E-state index in [0.29, 0.717) is 23.1 Å². The number of fused-ring (bicyclic) bond motifs is 1. The first-order chi connectivity index (χ1) is 14.5. The maximum Gasteiger partial charge on any atom is 0.223 e. The molecule has 0 amide bonds. The summed E-state index contributed by atoms with van der Waals surface area (Å²) in [6, 6.07) is 21.8. The minimum atomic E-state index is -3.64. The second-order valence-corrected chi connectivity index (χ2v) is 8.38. The van der Waals surface area contributed by atoms with Crippen molar-refractivity contribution < 1.29 is 22.6 Å². The Morgan fingerprint density at radius 3 is 1.93 bits per heavy atom. The molecule has 1 aromatic heterocycles. The van der Waals surface area contributed by atoms with Crippen LogP contribution in [0.5, 0.6) is 23.1 Å². The smallest absolute Gasteiger partial charge is 0.223 e. The summed E-state index contributed by atoms with van der Waals surface area (Å²) < 4.78 is 42.0. The van der Waals surface area contributed by atoms with E-state index in [-0.39, 0.29) is 9.79 Å². The third-order valence-electron chi connectivity index (χ3n) is 4.60. The minimum absolute atomic E-state index is 0.170. The van der Waals surface area contributed by atoms with Gasteiger partial charge in [-0.3, -0.25) is 0 Å². The highest BCUT2D eigenvalue weighted by Gasteiger charge is 2.18. The van der Waals surface area contributed by atoms with Gasteiger partial charge in [-0.2, -0.15) is 0 Å². The summed E-state index contributed by atoms with van der Waals surface area (Å²) in [4.78, 5) is 4.84. The number of ether oxygens (including phenoxy) is 3. The Balaban J connectivity index is 1.60. The van der Waals surface area contributed by atoms with Crippen LogP contribution in [0.25, 0.3) is 10.9 Å². The van der Waals surface area contributed by atoms with E-state index in [9.17, 15) is 8.42 Å². The van der Waals surface area contributed by atoms with E-state index in [4.69, 9.17) is 14.2 Å². The Hall–Kier alpha value is -3.58. The van der Waals surface area contributed by atoms with Crippen molar-refractivity contribution in [2.24, 2.45) is 0 Å². The summed E-state index contributed by atoms with van der Waals surface area (Å²) in [5.41, 5.74) is 0.741. The van der Waals surface area contributed by atoms with E-state index < -0.39 is 9.84 Å². The normalized spacial score (nSPS) is 11.3. The van der Waals surface area contributed by atoms with E-state index in [1.807, 2.05) is 24.3 Å². The quantitative estimate of drug-likeness (QED) is 0.442. The van der Waals surface area contributed by atoms with E-state index >= 15 is 0 Å². The van der Waals surface area contributed by atoms with Gasteiger partial charge in [0, 0.05) is 11.5 Å². The fourth-order valence-corrected chi connectivity index (χ4v) is 4.30. The van der Waals surface area contributed by atoms with Gasteiger partial charge in [0.25, 0.3) is 0 Å². The number of nitrogens with zero attached hydrogens (tertiary/aromatic N) is 1. The first kappa shape index (κ1) is 19.7. The molecule has 0 unspecified atom stereocenters. The lowest BCUT2D eigenvalue weighted by Crippen LogP contribution is -2.02. The van der Waals surface area contributed by atoms with Crippen molar-refractivity contribution in [3.05, 3.63) is 78.9 Å². The molecule has 0 fully saturated rings. The zero-order valence-electron chi connectivity index (χ0n) is 16.4. The van der Waals surface area contributed by atoms with Gasteiger partial charge >= 0.3 is 0 Å². The number of methoxy groups -OCH3 is 2. The fourth-order valence-electron chi connectivity index (χ4n) is 3.04. The molecule has 0 saturated carbocycles. The Morgan fingerprint density at radius 2 is 1.33 bits per heavy atom. The van der Waals surface area contributed by atoms with E-state index in [1.54, 1.807) is 37.4 Å². The third kappa shape index (κ3) is 3.79. The summed E-state index contributed by atoms with van der Waals surface area (Å²) in [5, 5.41) is 0.883. The third-order valence-corrected chi connectivity index (χ3v) is 6.39. The van der Waals surface area contributed by atoms with Crippen LogP contribution in [0.15, 0.2) is 88.7 Å². The van der Waals surface area contributed by atoms with Crippen molar-refractivity contribution in [1.29, 1.82) is 0 Å². The molecule has 0 aliphatic heterocycles. The molecule has 0 atom stereocenters. The topological polar surface area (TPSA) is 74.7 Å². The molecule has 0 aliphatic carbocycles. The number of rotatable bonds is 6. The molecule has 0 bridgehead atoms. The van der Waals surface area contributed by atoms with Gasteiger partial charge in [-0.25, -0.2) is 13.4 Å². The van der Waals surface area contributed by atoms with Crippen LogP contribution >= 0.6 is 0 Å². The molecule has 0 aliphatic rings. The molecule has 1 heterocycles. The largest absolute Gasteiger partial charge is 0.497 e. The van der Waals surface area contributed by atoms with Crippen LogP contribution in [-0.4, -0.2) is 27.6 Å². The van der Waals surface area contributed by atoms with Crippen LogP contribution in [0.1, 0.15) is 0 Å². The molecule has 0 spiro atoms. The summed E-state index contributed by atoms with van der Waals surface area (Å²) in [7, 11) is -0.522. The molecule has 0 radical (unpaired) electrons. The zero-order valence-corrected chi connectivity index (χ0v) is 17.2. The Labute approximate surface area is 174 Å². The molecule has 30 heavy (non-hydrogen) atoms. The van der Waals surface area contributed by atoms with Gasteiger partial charge in [0.2, 0.25) is 15.7 Å². The number of benzene rings is 3. The molecule has 0 N–H and O–H groups in total. The standard InChI is InChI=1S/C23H19NO5S/c1-27-16-7-11-18(12-8-16)30(25,26)19-13-9-17(10-14-19)29-23-15-22(28-2)20-5-3-4-6-21(20)24-23/h3-15H,1-2H3. The Morgan fingerprint density at radius 1 is 0.733 bits per heavy atom. The van der Waals surface area contributed by atoms with Crippen LogP contribution in [0.4, 0.5) is 0 Å². The van der Waals surface area contributed by atoms with Gasteiger partial charge in [-0.1, -0.05) is 12.1 Å². The molecule has 0 saturated heterocycles. The summed E-state index contributed by atoms with van der Waals surface area (Å²) >= 11 is 0. The average Bonchev–Trinajstić information content (AvgIpc) is 2.79. The summed E-state index contributed by atoms with van der Waals surface area (Å²) in [6.45, 7) is 0. The maximum absolute atomic E-state index is 12.8. The van der Waals surface area contributed by atoms with E-state index in [0.717, 1.165) is 10.9 Å². The molecule has 7 heteroatoms. The zero-order chi connectivity index (χ0) is 21.1. The molecule has 4 rings (SSSR count). The molecule has 6 nitrogen and oxygen atoms in total. The van der Waals surface area contributed by atoms with Gasteiger partial charge in [0.05, 0.1) is 29.5 Å². The van der Waals surface area contributed by atoms with Crippen molar-refractivity contribution in [2.75, 3.05) is 14.2 Å². The van der Waals surface area contributed by atoms with Gasteiger partial charge in [-0.15, -0.1) is 0 Å². The van der Waals surface area contributed by atoms with Gasteiger partial charge < -0.3 is 14.2 Å². The Kier molecular flexibility index (Phi) is 5.29. The highest BCUT2D eigenvalue weighted by Crippen LogP contribution is 2.31. The lowest BCUT2D eigenvalue weighted by Gasteiger charge is -2.10. The number of para-hydroxylation sites is 1. The fraction of sp³-hybridized carbons (Fsp3) is 0.0870. The maximum atomic E-state index is 12.8. The first-order valence-electron chi connectivity index (χ1n) is 9.12. The lowest BCUT2D eigenvalue weighted by atomic mass is 10.2. The number of sulfone groups is 1. The number of aromatic nitrogens is 1. The monoisotopic (exact) mass is 421 g/mol. The average molecular weight is 421 g/mol. The van der Waals surface area contributed by atoms with Gasteiger partial charge in [0.1, 0.15) is 17.2 Å². The van der Waals surface area contributed by atoms with Crippen molar-refractivity contribution in [1.82, 2.24) is 4.98 Å². The van der Waals surface area contributed by atoms with Crippen molar-refractivity contribution in [2.45, 2.75) is 9.79 Å². The Bertz CT molecular complexity index is 1280. The van der Waals surface area contributed by atoms with Crippen molar-refractivity contribution >= 4 is 20.7 Å². The van der Waals surface area contributed by atoms with Crippen LogP contribution in [0, 0.1) is 0 Å². The summed E-state index contributed by atoms with van der Waals surface area (Å²) in [6.07, 6.45) is 0. The molecular weight excluding hydrogens is 402 g/mol. The lowest BCUT2D eigenvalue weighted by molar-refractivity contribution is 0.411. The van der Waals surface area contributed by atoms with Crippen LogP contribution in [-0.2, 0) is 9.84 Å². The van der Waals surface area contributed by atoms with Crippen LogP contribution < -0.4 is 14.2 Å². The SMILES string of the molecule is COc1ccc(S(=O)(=O)c2ccc(Oc3cc(OC)c4ccccc4n3)cc2)cc1. The second kappa shape index (κ2) is 8.04. The van der Waals surface area contributed by atoms with E-state index in [1.165, 1.54) is 31.4 Å². The predicted molar refractivity (Wildman–Crippen MR) is 113 cm³/mol. The van der Waals surface area contributed by atoms with Crippen LogP contribution in [0.3, 0.4) is 0 Å². The second-order valence-electron chi connectivity index (χ2n) is 6.43. The van der Waals surface area contributed by atoms with Crippen LogP contribution in [0.2, 0.25) is 0 Å². The predicted octanol–water partition coefficient (Wildman–Crippen LogP) is 4.88. The van der Waals surface area contributed by atoms with Gasteiger partial charge in [0.15, 0.2) is 0 Å². The highest BCUT2D eigenvalue weighted by atomic mass is 32.2. The van der Waals surface area contributed by atoms with Gasteiger partial charge in [-0.05, 0) is 60.7 Å². The molecule has 3 aromatic carbocycles. The molecule has 152 valence electrons. The summed E-state index contributed by atoms with van der Waals surface area (Å²) in [5.74, 6) is 2.06. The number of hydrogen-bond donors (Lipinski definition) is 0. The number of hydrogen-bond acceptors (Lipinski definition) is 6. The number of pyridine rings is 1. The first-order valence-corrected chi connectivity index (χ1v) is 10.6. The highest BCUT2D eigenvalue weighted by molar-refractivity contribution is 7.91. The molecular formula is C23H19NO5S. The van der Waals surface area contributed by atoms with Crippen molar-refractivity contribution in [3.63, 3.8) is 0 Å².